The highest BCUT2D eigenvalue weighted by Gasteiger charge is 2.22. The Morgan fingerprint density at radius 2 is 1.85 bits per heavy atom. The molecule has 1 N–H and O–H groups in total. The van der Waals surface area contributed by atoms with Gasteiger partial charge in [0.25, 0.3) is 0 Å². The summed E-state index contributed by atoms with van der Waals surface area (Å²) in [5, 5.41) is 1.29. The number of rotatable bonds is 5. The van der Waals surface area contributed by atoms with Gasteiger partial charge < -0.3 is 14.6 Å². The maximum Gasteiger partial charge on any atom is 0.123 e. The van der Waals surface area contributed by atoms with Crippen LogP contribution in [-0.2, 0) is 6.42 Å². The van der Waals surface area contributed by atoms with Gasteiger partial charge in [0.2, 0.25) is 0 Å². The molecule has 144 valence electrons. The number of H-pyrrole nitrogens is 1. The van der Waals surface area contributed by atoms with Gasteiger partial charge in [-0.15, -0.1) is 12.4 Å². The molecule has 0 saturated carbocycles. The van der Waals surface area contributed by atoms with Crippen molar-refractivity contribution in [3.8, 4) is 5.75 Å². The van der Waals surface area contributed by atoms with Gasteiger partial charge in [0.05, 0.1) is 7.11 Å². The summed E-state index contributed by atoms with van der Waals surface area (Å²) in [4.78, 5) is 5.92. The number of nitrogens with zero attached hydrogens (tertiary/aromatic N) is 1. The van der Waals surface area contributed by atoms with E-state index in [0.717, 1.165) is 31.8 Å². The van der Waals surface area contributed by atoms with Crippen molar-refractivity contribution in [2.24, 2.45) is 0 Å². The minimum Gasteiger partial charge on any atom is -0.497 e. The summed E-state index contributed by atoms with van der Waals surface area (Å²) in [6.45, 7) is 3.27. The molecule has 0 amide bonds. The zero-order valence-corrected chi connectivity index (χ0v) is 16.4. The lowest BCUT2D eigenvalue weighted by atomic mass is 9.89. The summed E-state index contributed by atoms with van der Waals surface area (Å²) < 4.78 is 18.4. The number of piperidine rings is 1. The monoisotopic (exact) mass is 388 g/mol. The Morgan fingerprint density at radius 3 is 2.56 bits per heavy atom. The Bertz CT molecular complexity index is 870. The zero-order valence-electron chi connectivity index (χ0n) is 15.6. The molecule has 3 aromatic rings. The largest absolute Gasteiger partial charge is 0.497 e. The second-order valence-electron chi connectivity index (χ2n) is 7.15. The maximum absolute atomic E-state index is 13.0. The van der Waals surface area contributed by atoms with Gasteiger partial charge in [-0.2, -0.15) is 0 Å². The molecule has 2 heterocycles. The van der Waals surface area contributed by atoms with Gasteiger partial charge in [-0.25, -0.2) is 4.39 Å². The van der Waals surface area contributed by atoms with Crippen molar-refractivity contribution >= 4 is 23.3 Å². The maximum atomic E-state index is 13.0. The first-order valence-corrected chi connectivity index (χ1v) is 9.35. The highest BCUT2D eigenvalue weighted by Crippen LogP contribution is 2.34. The summed E-state index contributed by atoms with van der Waals surface area (Å²) in [6, 6.07) is 13.1. The lowest BCUT2D eigenvalue weighted by molar-refractivity contribution is 0.215. The molecule has 0 bridgehead atoms. The van der Waals surface area contributed by atoms with Crippen molar-refractivity contribution in [3.63, 3.8) is 0 Å². The van der Waals surface area contributed by atoms with Crippen molar-refractivity contribution in [3.05, 3.63) is 65.6 Å². The summed E-state index contributed by atoms with van der Waals surface area (Å²) in [5.41, 5.74) is 3.80. The standard InChI is InChI=1S/C22H25FN2O.ClH/c1-26-19-6-7-22-20(14-19)21(15-24-22)17-9-12-25(13-10-17)11-8-16-2-4-18(23)5-3-16;/h2-7,14-15,17,24H,8-13H2,1H3;1H. The first-order valence-electron chi connectivity index (χ1n) is 9.35. The minimum absolute atomic E-state index is 0. The first-order chi connectivity index (χ1) is 12.7. The van der Waals surface area contributed by atoms with Crippen LogP contribution in [0.4, 0.5) is 4.39 Å². The molecule has 0 radical (unpaired) electrons. The summed E-state index contributed by atoms with van der Waals surface area (Å²) >= 11 is 0. The zero-order chi connectivity index (χ0) is 17.9. The second kappa shape index (κ2) is 8.77. The molecule has 1 aromatic heterocycles. The number of methoxy groups -OCH3 is 1. The molecule has 4 rings (SSSR count). The minimum atomic E-state index is -0.162. The number of likely N-dealkylation sites (tertiary alicyclic amines) is 1. The number of aromatic nitrogens is 1. The third-order valence-corrected chi connectivity index (χ3v) is 5.58. The van der Waals surface area contributed by atoms with Crippen LogP contribution in [0, 0.1) is 5.82 Å². The van der Waals surface area contributed by atoms with Gasteiger partial charge >= 0.3 is 0 Å². The normalized spacial score (nSPS) is 15.6. The molecule has 1 aliphatic heterocycles. The number of benzene rings is 2. The van der Waals surface area contributed by atoms with E-state index in [1.54, 1.807) is 19.2 Å². The number of fused-ring (bicyclic) bond motifs is 1. The molecule has 1 saturated heterocycles. The quantitative estimate of drug-likeness (QED) is 0.653. The smallest absolute Gasteiger partial charge is 0.123 e. The lowest BCUT2D eigenvalue weighted by Gasteiger charge is -2.32. The van der Waals surface area contributed by atoms with Gasteiger partial charge in [-0.3, -0.25) is 0 Å². The van der Waals surface area contributed by atoms with Gasteiger partial charge in [0, 0.05) is 23.6 Å². The van der Waals surface area contributed by atoms with E-state index in [9.17, 15) is 4.39 Å². The van der Waals surface area contributed by atoms with Crippen molar-refractivity contribution in [1.29, 1.82) is 0 Å². The summed E-state index contributed by atoms with van der Waals surface area (Å²) in [6.07, 6.45) is 5.50. The third kappa shape index (κ3) is 4.45. The third-order valence-electron chi connectivity index (χ3n) is 5.58. The lowest BCUT2D eigenvalue weighted by Crippen LogP contribution is -2.34. The Balaban J connectivity index is 0.00000210. The fraction of sp³-hybridized carbons (Fsp3) is 0.364. The molecule has 0 aliphatic carbocycles. The molecule has 1 aliphatic rings. The van der Waals surface area contributed by atoms with Crippen molar-refractivity contribution in [2.75, 3.05) is 26.7 Å². The van der Waals surface area contributed by atoms with E-state index < -0.39 is 0 Å². The van der Waals surface area contributed by atoms with Gasteiger partial charge in [0.15, 0.2) is 0 Å². The molecular formula is C22H26ClFN2O. The highest BCUT2D eigenvalue weighted by atomic mass is 35.5. The fourth-order valence-corrected chi connectivity index (χ4v) is 3.99. The topological polar surface area (TPSA) is 28.3 Å². The van der Waals surface area contributed by atoms with E-state index in [0.29, 0.717) is 5.92 Å². The molecule has 0 unspecified atom stereocenters. The Hall–Kier alpha value is -2.04. The molecule has 3 nitrogen and oxygen atoms in total. The molecule has 5 heteroatoms. The van der Waals surface area contributed by atoms with E-state index in [-0.39, 0.29) is 18.2 Å². The van der Waals surface area contributed by atoms with Crippen LogP contribution in [-0.4, -0.2) is 36.6 Å². The number of hydrogen-bond acceptors (Lipinski definition) is 2. The van der Waals surface area contributed by atoms with E-state index in [2.05, 4.69) is 28.2 Å². The van der Waals surface area contributed by atoms with E-state index in [1.165, 1.54) is 34.9 Å². The van der Waals surface area contributed by atoms with Crippen molar-refractivity contribution in [1.82, 2.24) is 9.88 Å². The number of halogens is 2. The Kier molecular flexibility index (Phi) is 6.40. The number of hydrogen-bond donors (Lipinski definition) is 1. The van der Waals surface area contributed by atoms with Crippen LogP contribution >= 0.6 is 12.4 Å². The Labute approximate surface area is 165 Å². The van der Waals surface area contributed by atoms with Crippen LogP contribution in [0.2, 0.25) is 0 Å². The summed E-state index contributed by atoms with van der Waals surface area (Å²) in [5.74, 6) is 1.35. The van der Waals surface area contributed by atoms with Crippen LogP contribution in [0.1, 0.15) is 29.9 Å². The average molecular weight is 389 g/mol. The van der Waals surface area contributed by atoms with Gasteiger partial charge in [0.1, 0.15) is 11.6 Å². The van der Waals surface area contributed by atoms with Crippen LogP contribution in [0.15, 0.2) is 48.7 Å². The summed E-state index contributed by atoms with van der Waals surface area (Å²) in [7, 11) is 1.72. The fourth-order valence-electron chi connectivity index (χ4n) is 3.99. The molecule has 27 heavy (non-hydrogen) atoms. The SMILES string of the molecule is COc1ccc2[nH]cc(C3CCN(CCc4ccc(F)cc4)CC3)c2c1.Cl. The molecule has 1 fully saturated rings. The average Bonchev–Trinajstić information content (AvgIpc) is 3.11. The highest BCUT2D eigenvalue weighted by molar-refractivity contribution is 5.85. The molecule has 0 atom stereocenters. The van der Waals surface area contributed by atoms with Crippen LogP contribution in [0.3, 0.4) is 0 Å². The number of nitrogens with one attached hydrogen (secondary N) is 1. The Morgan fingerprint density at radius 1 is 1.11 bits per heavy atom. The van der Waals surface area contributed by atoms with Crippen LogP contribution < -0.4 is 4.74 Å². The van der Waals surface area contributed by atoms with E-state index in [4.69, 9.17) is 4.74 Å². The van der Waals surface area contributed by atoms with E-state index >= 15 is 0 Å². The number of aromatic amines is 1. The van der Waals surface area contributed by atoms with Crippen molar-refractivity contribution < 1.29 is 9.13 Å². The van der Waals surface area contributed by atoms with E-state index in [1.807, 2.05) is 18.2 Å². The second-order valence-corrected chi connectivity index (χ2v) is 7.15. The molecular weight excluding hydrogens is 363 g/mol. The molecule has 2 aromatic carbocycles. The van der Waals surface area contributed by atoms with Gasteiger partial charge in [-0.1, -0.05) is 12.1 Å². The predicted octanol–water partition coefficient (Wildman–Crippen LogP) is 5.16. The predicted molar refractivity (Wildman–Crippen MR) is 111 cm³/mol. The first kappa shape index (κ1) is 19.7. The molecule has 0 spiro atoms. The van der Waals surface area contributed by atoms with Crippen LogP contribution in [0.25, 0.3) is 10.9 Å². The van der Waals surface area contributed by atoms with Gasteiger partial charge in [-0.05, 0) is 79.7 Å². The number of ether oxygens (including phenoxy) is 1. The van der Waals surface area contributed by atoms with Crippen LogP contribution in [0.5, 0.6) is 5.75 Å². The van der Waals surface area contributed by atoms with Crippen molar-refractivity contribution in [2.45, 2.75) is 25.2 Å².